The third-order valence-electron chi connectivity index (χ3n) is 6.62. The number of carbonyl (C=O) groups is 1. The van der Waals surface area contributed by atoms with Crippen molar-refractivity contribution in [2.45, 2.75) is 45.3 Å². The Morgan fingerprint density at radius 2 is 1.97 bits per heavy atom. The van der Waals surface area contributed by atoms with Gasteiger partial charge in [0.1, 0.15) is 5.15 Å². The highest BCUT2D eigenvalue weighted by Crippen LogP contribution is 2.40. The van der Waals surface area contributed by atoms with Crippen molar-refractivity contribution in [2.24, 2.45) is 11.8 Å². The summed E-state index contributed by atoms with van der Waals surface area (Å²) >= 11 is 6.02. The summed E-state index contributed by atoms with van der Waals surface area (Å²) in [7, 11) is 1.81. The predicted octanol–water partition coefficient (Wildman–Crippen LogP) is 5.40. The van der Waals surface area contributed by atoms with Gasteiger partial charge in [-0.15, -0.1) is 0 Å². The fraction of sp³-hybridized carbons (Fsp3) is 0.370. The lowest BCUT2D eigenvalue weighted by atomic mass is 9.91. The van der Waals surface area contributed by atoms with Crippen LogP contribution in [0.15, 0.2) is 61.1 Å². The fourth-order valence-electron chi connectivity index (χ4n) is 4.77. The van der Waals surface area contributed by atoms with E-state index in [4.69, 9.17) is 11.6 Å². The Morgan fingerprint density at radius 1 is 1.18 bits per heavy atom. The van der Waals surface area contributed by atoms with Crippen LogP contribution in [0.25, 0.3) is 0 Å². The second-order valence-electron chi connectivity index (χ2n) is 9.18. The van der Waals surface area contributed by atoms with Crippen molar-refractivity contribution in [3.05, 3.63) is 94.0 Å². The maximum atomic E-state index is 12.8. The molecule has 1 aromatic carbocycles. The highest BCUT2D eigenvalue weighted by molar-refractivity contribution is 6.30. The topological polar surface area (TPSA) is 66.3 Å². The number of aliphatic hydroxyl groups excluding tert-OH is 1. The van der Waals surface area contributed by atoms with Crippen LogP contribution in [0.5, 0.6) is 0 Å². The van der Waals surface area contributed by atoms with E-state index in [1.54, 1.807) is 23.5 Å². The first-order valence-electron chi connectivity index (χ1n) is 11.4. The zero-order valence-corrected chi connectivity index (χ0v) is 19.9. The number of nitrogens with zero attached hydrogens (tertiary/aromatic N) is 3. The van der Waals surface area contributed by atoms with E-state index in [9.17, 15) is 9.90 Å². The van der Waals surface area contributed by atoms with Crippen LogP contribution in [0.2, 0.25) is 5.15 Å². The zero-order chi connectivity index (χ0) is 23.4. The SMILES string of the molecule is Cc1cc([C@@H](O)[C@H]2CC[C@@H](Cc3ccc(C(=O)N(C)Cc4cccnc4)cc3)C2)cnc1Cl. The molecule has 0 aliphatic heterocycles. The largest absolute Gasteiger partial charge is 0.388 e. The van der Waals surface area contributed by atoms with Crippen LogP contribution in [-0.2, 0) is 13.0 Å². The van der Waals surface area contributed by atoms with Gasteiger partial charge in [0.2, 0.25) is 0 Å². The molecule has 0 radical (unpaired) electrons. The van der Waals surface area contributed by atoms with Gasteiger partial charge in [-0.3, -0.25) is 9.78 Å². The third-order valence-corrected chi connectivity index (χ3v) is 7.02. The van der Waals surface area contributed by atoms with Crippen molar-refractivity contribution in [3.63, 3.8) is 0 Å². The number of carbonyl (C=O) groups excluding carboxylic acids is 1. The Morgan fingerprint density at radius 3 is 2.67 bits per heavy atom. The molecule has 172 valence electrons. The summed E-state index contributed by atoms with van der Waals surface area (Å²) in [6, 6.07) is 13.7. The Bertz CT molecular complexity index is 1090. The molecule has 0 spiro atoms. The lowest BCUT2D eigenvalue weighted by molar-refractivity contribution is 0.0785. The van der Waals surface area contributed by atoms with E-state index in [0.717, 1.165) is 42.4 Å². The number of aryl methyl sites for hydroxylation is 1. The van der Waals surface area contributed by atoms with Crippen LogP contribution < -0.4 is 0 Å². The van der Waals surface area contributed by atoms with Crippen LogP contribution in [0.1, 0.15) is 58.0 Å². The van der Waals surface area contributed by atoms with Crippen LogP contribution >= 0.6 is 11.6 Å². The minimum absolute atomic E-state index is 0.00123. The molecule has 0 unspecified atom stereocenters. The lowest BCUT2D eigenvalue weighted by Gasteiger charge is -2.19. The van der Waals surface area contributed by atoms with Gasteiger partial charge >= 0.3 is 0 Å². The monoisotopic (exact) mass is 463 g/mol. The molecule has 3 aromatic rings. The molecule has 2 aromatic heterocycles. The number of benzene rings is 1. The van der Waals surface area contributed by atoms with Gasteiger partial charge in [0, 0.05) is 37.7 Å². The van der Waals surface area contributed by atoms with Gasteiger partial charge in [-0.2, -0.15) is 0 Å². The van der Waals surface area contributed by atoms with Gasteiger partial charge in [0.15, 0.2) is 0 Å². The van der Waals surface area contributed by atoms with E-state index < -0.39 is 6.10 Å². The molecule has 2 heterocycles. The van der Waals surface area contributed by atoms with Crippen LogP contribution in [0, 0.1) is 18.8 Å². The zero-order valence-electron chi connectivity index (χ0n) is 19.1. The summed E-state index contributed by atoms with van der Waals surface area (Å²) in [5.41, 5.74) is 4.66. The third kappa shape index (κ3) is 5.79. The van der Waals surface area contributed by atoms with E-state index in [0.29, 0.717) is 23.2 Å². The van der Waals surface area contributed by atoms with Gasteiger partial charge in [-0.05, 0) is 91.0 Å². The van der Waals surface area contributed by atoms with Crippen molar-refractivity contribution in [1.82, 2.24) is 14.9 Å². The molecular weight excluding hydrogens is 434 g/mol. The molecule has 1 fully saturated rings. The Hall–Kier alpha value is -2.76. The second-order valence-corrected chi connectivity index (χ2v) is 9.54. The van der Waals surface area contributed by atoms with E-state index in [2.05, 4.69) is 22.1 Å². The maximum Gasteiger partial charge on any atom is 0.253 e. The van der Waals surface area contributed by atoms with E-state index in [-0.39, 0.29) is 11.8 Å². The molecule has 0 bridgehead atoms. The van der Waals surface area contributed by atoms with Crippen LogP contribution in [-0.4, -0.2) is 32.9 Å². The summed E-state index contributed by atoms with van der Waals surface area (Å²) < 4.78 is 0. The number of halogens is 1. The quantitative estimate of drug-likeness (QED) is 0.476. The van der Waals surface area contributed by atoms with Gasteiger partial charge in [0.05, 0.1) is 6.10 Å². The standard InChI is InChI=1S/C27H30ClN3O2/c1-18-12-24(16-30-26(18)28)25(32)23-10-7-20(14-23)13-19-5-8-22(9-6-19)27(33)31(2)17-21-4-3-11-29-15-21/h3-6,8-9,11-12,15-16,20,23,25,32H,7,10,13-14,17H2,1-2H3/t20-,23-,25-/m0/s1. The Labute approximate surface area is 200 Å². The summed E-state index contributed by atoms with van der Waals surface area (Å²) in [4.78, 5) is 22.8. The number of rotatable bonds is 7. The van der Waals surface area contributed by atoms with Crippen molar-refractivity contribution in [3.8, 4) is 0 Å². The van der Waals surface area contributed by atoms with Crippen LogP contribution in [0.3, 0.4) is 0 Å². The lowest BCUT2D eigenvalue weighted by Crippen LogP contribution is -2.26. The van der Waals surface area contributed by atoms with Gasteiger partial charge < -0.3 is 10.0 Å². The highest BCUT2D eigenvalue weighted by Gasteiger charge is 2.31. The molecule has 33 heavy (non-hydrogen) atoms. The second kappa shape index (κ2) is 10.4. The Balaban J connectivity index is 1.31. The van der Waals surface area contributed by atoms with Crippen LogP contribution in [0.4, 0.5) is 0 Å². The number of pyridine rings is 2. The molecular formula is C27H30ClN3O2. The average Bonchev–Trinajstić information content (AvgIpc) is 3.29. The summed E-state index contributed by atoms with van der Waals surface area (Å²) in [6.45, 7) is 2.44. The smallest absolute Gasteiger partial charge is 0.253 e. The minimum atomic E-state index is -0.506. The minimum Gasteiger partial charge on any atom is -0.388 e. The normalized spacial score (nSPS) is 18.8. The van der Waals surface area contributed by atoms with Crippen molar-refractivity contribution in [2.75, 3.05) is 7.05 Å². The van der Waals surface area contributed by atoms with E-state index in [1.165, 1.54) is 5.56 Å². The number of amides is 1. The summed E-state index contributed by atoms with van der Waals surface area (Å²) in [5.74, 6) is 0.765. The van der Waals surface area contributed by atoms with Gasteiger partial charge in [-0.25, -0.2) is 4.98 Å². The molecule has 6 heteroatoms. The number of aliphatic hydroxyl groups is 1. The number of hydrogen-bond acceptors (Lipinski definition) is 4. The molecule has 5 nitrogen and oxygen atoms in total. The fourth-order valence-corrected chi connectivity index (χ4v) is 4.88. The first-order chi connectivity index (χ1) is 15.9. The van der Waals surface area contributed by atoms with Gasteiger partial charge in [-0.1, -0.05) is 29.8 Å². The molecule has 1 N–H and O–H groups in total. The predicted molar refractivity (Wildman–Crippen MR) is 130 cm³/mol. The maximum absolute atomic E-state index is 12.8. The van der Waals surface area contributed by atoms with Gasteiger partial charge in [0.25, 0.3) is 5.91 Å². The Kier molecular flexibility index (Phi) is 7.41. The molecule has 4 rings (SSSR count). The number of hydrogen-bond donors (Lipinski definition) is 1. The summed E-state index contributed by atoms with van der Waals surface area (Å²) in [5, 5.41) is 11.3. The van der Waals surface area contributed by atoms with E-state index >= 15 is 0 Å². The molecule has 1 aliphatic rings. The molecule has 3 atom stereocenters. The van der Waals surface area contributed by atoms with Crippen molar-refractivity contribution >= 4 is 17.5 Å². The first kappa shape index (κ1) is 23.4. The summed E-state index contributed by atoms with van der Waals surface area (Å²) in [6.07, 6.45) is 8.73. The van der Waals surface area contributed by atoms with Crippen molar-refractivity contribution in [1.29, 1.82) is 0 Å². The highest BCUT2D eigenvalue weighted by atomic mass is 35.5. The molecule has 1 amide bonds. The molecule has 1 saturated carbocycles. The molecule has 1 aliphatic carbocycles. The first-order valence-corrected chi connectivity index (χ1v) is 11.8. The molecule has 0 saturated heterocycles. The average molecular weight is 464 g/mol. The number of aromatic nitrogens is 2. The van der Waals surface area contributed by atoms with E-state index in [1.807, 2.05) is 44.3 Å². The van der Waals surface area contributed by atoms with Crippen molar-refractivity contribution < 1.29 is 9.90 Å².